The molecule has 1 amide bonds. The molecule has 3 nitrogen and oxygen atoms in total. The summed E-state index contributed by atoms with van der Waals surface area (Å²) in [5.74, 6) is -0.305. The van der Waals surface area contributed by atoms with Gasteiger partial charge in [0.2, 0.25) is 0 Å². The van der Waals surface area contributed by atoms with E-state index in [-0.39, 0.29) is 11.7 Å². The molecule has 0 saturated heterocycles. The molecule has 3 aromatic rings. The summed E-state index contributed by atoms with van der Waals surface area (Å²) in [6.07, 6.45) is 0. The molecule has 0 unspecified atom stereocenters. The molecule has 0 spiro atoms. The Hall–Kier alpha value is -2.27. The van der Waals surface area contributed by atoms with Gasteiger partial charge in [-0.25, -0.2) is 4.39 Å². The van der Waals surface area contributed by atoms with Crippen LogP contribution in [0.5, 0.6) is 0 Å². The Labute approximate surface area is 119 Å². The normalized spacial score (nSPS) is 10.7. The van der Waals surface area contributed by atoms with Crippen molar-refractivity contribution in [2.24, 2.45) is 0 Å². The largest absolute Gasteiger partial charge is 0.455 e. The van der Waals surface area contributed by atoms with Gasteiger partial charge in [-0.05, 0) is 30.3 Å². The Bertz CT molecular complexity index is 780. The van der Waals surface area contributed by atoms with Gasteiger partial charge in [0.15, 0.2) is 0 Å². The standard InChI is InChI=1S/C15H10FNO2S/c16-10-7-5-9(6-8-10)14-13(15(18)17-20)11-3-1-2-4-12(11)19-14/h1-8,20H,(H,17,18). The smallest absolute Gasteiger partial charge is 0.265 e. The third kappa shape index (κ3) is 2.06. The quantitative estimate of drug-likeness (QED) is 0.704. The number of thiol groups is 1. The zero-order chi connectivity index (χ0) is 14.1. The van der Waals surface area contributed by atoms with Crippen LogP contribution in [0.15, 0.2) is 52.9 Å². The number of amides is 1. The number of furan rings is 1. The van der Waals surface area contributed by atoms with Gasteiger partial charge in [-0.1, -0.05) is 31.0 Å². The van der Waals surface area contributed by atoms with E-state index in [9.17, 15) is 9.18 Å². The van der Waals surface area contributed by atoms with E-state index in [2.05, 4.69) is 17.5 Å². The average molecular weight is 287 g/mol. The number of hydrogen-bond acceptors (Lipinski definition) is 3. The van der Waals surface area contributed by atoms with Crippen molar-refractivity contribution in [3.63, 3.8) is 0 Å². The SMILES string of the molecule is O=C(NS)c1c(-c2ccc(F)cc2)oc2ccccc12. The first-order valence-electron chi connectivity index (χ1n) is 5.92. The Balaban J connectivity index is 2.29. The number of rotatable bonds is 2. The molecular formula is C15H10FNO2S. The van der Waals surface area contributed by atoms with Crippen molar-refractivity contribution < 1.29 is 13.6 Å². The van der Waals surface area contributed by atoms with E-state index < -0.39 is 0 Å². The van der Waals surface area contributed by atoms with Crippen molar-refractivity contribution in [2.75, 3.05) is 0 Å². The monoisotopic (exact) mass is 287 g/mol. The highest BCUT2D eigenvalue weighted by Gasteiger charge is 2.21. The third-order valence-electron chi connectivity index (χ3n) is 3.03. The summed E-state index contributed by atoms with van der Waals surface area (Å²) in [4.78, 5) is 12.0. The lowest BCUT2D eigenvalue weighted by molar-refractivity contribution is 0.0986. The van der Waals surface area contributed by atoms with Crippen LogP contribution in [0.4, 0.5) is 4.39 Å². The first-order chi connectivity index (χ1) is 9.70. The number of benzene rings is 2. The molecule has 0 fully saturated rings. The summed E-state index contributed by atoms with van der Waals surface area (Å²) in [7, 11) is 0. The molecule has 20 heavy (non-hydrogen) atoms. The summed E-state index contributed by atoms with van der Waals surface area (Å²) in [6.45, 7) is 0. The summed E-state index contributed by atoms with van der Waals surface area (Å²) in [5, 5.41) is 0.693. The number of nitrogens with one attached hydrogen (secondary N) is 1. The van der Waals surface area contributed by atoms with Crippen LogP contribution in [0.25, 0.3) is 22.3 Å². The number of carbonyl (C=O) groups is 1. The third-order valence-corrected chi connectivity index (χ3v) is 3.23. The fraction of sp³-hybridized carbons (Fsp3) is 0. The summed E-state index contributed by atoms with van der Waals surface area (Å²) in [6, 6.07) is 13.0. The highest BCUT2D eigenvalue weighted by molar-refractivity contribution is 7.78. The second-order valence-corrected chi connectivity index (χ2v) is 4.47. The molecule has 0 atom stereocenters. The van der Waals surface area contributed by atoms with E-state index in [1.165, 1.54) is 12.1 Å². The lowest BCUT2D eigenvalue weighted by Gasteiger charge is -2.01. The minimum absolute atomic E-state index is 0.343. The minimum atomic E-state index is -0.363. The van der Waals surface area contributed by atoms with Crippen LogP contribution in [-0.4, -0.2) is 5.91 Å². The number of hydrogen-bond donors (Lipinski definition) is 2. The summed E-state index contributed by atoms with van der Waals surface area (Å²) in [5.41, 5.74) is 1.62. The van der Waals surface area contributed by atoms with Crippen LogP contribution in [0.3, 0.4) is 0 Å². The van der Waals surface area contributed by atoms with Gasteiger partial charge in [0.25, 0.3) is 5.91 Å². The molecule has 0 aliphatic rings. The van der Waals surface area contributed by atoms with Gasteiger partial charge in [-0.2, -0.15) is 0 Å². The predicted octanol–water partition coefficient (Wildman–Crippen LogP) is 3.81. The van der Waals surface area contributed by atoms with Crippen LogP contribution in [-0.2, 0) is 0 Å². The number of fused-ring (bicyclic) bond motifs is 1. The van der Waals surface area contributed by atoms with E-state index in [4.69, 9.17) is 4.42 Å². The maximum absolute atomic E-state index is 13.0. The average Bonchev–Trinajstić information content (AvgIpc) is 2.86. The maximum atomic E-state index is 13.0. The van der Waals surface area contributed by atoms with Crippen molar-refractivity contribution >= 4 is 29.7 Å². The van der Waals surface area contributed by atoms with Crippen LogP contribution in [0.2, 0.25) is 0 Å². The number of carbonyl (C=O) groups excluding carboxylic acids is 1. The zero-order valence-corrected chi connectivity index (χ0v) is 11.2. The van der Waals surface area contributed by atoms with Gasteiger partial charge in [-0.15, -0.1) is 0 Å². The van der Waals surface area contributed by atoms with Gasteiger partial charge in [0.05, 0.1) is 5.56 Å². The Morgan fingerprint density at radius 1 is 1.10 bits per heavy atom. The maximum Gasteiger partial charge on any atom is 0.265 e. The topological polar surface area (TPSA) is 42.2 Å². The first kappa shape index (κ1) is 12.7. The van der Waals surface area contributed by atoms with E-state index in [0.717, 1.165) is 0 Å². The lowest BCUT2D eigenvalue weighted by Crippen LogP contribution is -2.12. The molecule has 1 N–H and O–H groups in total. The highest BCUT2D eigenvalue weighted by atomic mass is 32.1. The van der Waals surface area contributed by atoms with Gasteiger partial charge >= 0.3 is 0 Å². The molecule has 3 rings (SSSR count). The van der Waals surface area contributed by atoms with Crippen molar-refractivity contribution in [1.82, 2.24) is 4.72 Å². The van der Waals surface area contributed by atoms with Gasteiger partial charge in [0, 0.05) is 10.9 Å². The van der Waals surface area contributed by atoms with Crippen molar-refractivity contribution in [2.45, 2.75) is 0 Å². The Morgan fingerprint density at radius 3 is 2.50 bits per heavy atom. The molecular weight excluding hydrogens is 277 g/mol. The van der Waals surface area contributed by atoms with Crippen LogP contribution in [0.1, 0.15) is 10.4 Å². The second-order valence-electron chi connectivity index (χ2n) is 4.25. The second kappa shape index (κ2) is 5.02. The van der Waals surface area contributed by atoms with Crippen LogP contribution >= 0.6 is 12.8 Å². The lowest BCUT2D eigenvalue weighted by atomic mass is 10.1. The molecule has 0 aliphatic heterocycles. The minimum Gasteiger partial charge on any atom is -0.455 e. The number of para-hydroxylation sites is 1. The molecule has 1 heterocycles. The van der Waals surface area contributed by atoms with E-state index in [1.807, 2.05) is 12.1 Å². The van der Waals surface area contributed by atoms with Crippen molar-refractivity contribution in [1.29, 1.82) is 0 Å². The molecule has 100 valence electrons. The van der Waals surface area contributed by atoms with Crippen LogP contribution < -0.4 is 4.72 Å². The molecule has 2 aromatic carbocycles. The first-order valence-corrected chi connectivity index (χ1v) is 6.37. The van der Waals surface area contributed by atoms with Gasteiger partial charge in [-0.3, -0.25) is 9.52 Å². The Morgan fingerprint density at radius 2 is 1.80 bits per heavy atom. The molecule has 1 aromatic heterocycles. The fourth-order valence-electron chi connectivity index (χ4n) is 2.13. The summed E-state index contributed by atoms with van der Waals surface area (Å²) >= 11 is 3.80. The van der Waals surface area contributed by atoms with E-state index >= 15 is 0 Å². The van der Waals surface area contributed by atoms with E-state index in [0.29, 0.717) is 27.9 Å². The highest BCUT2D eigenvalue weighted by Crippen LogP contribution is 2.33. The molecule has 0 saturated carbocycles. The van der Waals surface area contributed by atoms with Gasteiger partial charge < -0.3 is 4.42 Å². The zero-order valence-electron chi connectivity index (χ0n) is 10.3. The van der Waals surface area contributed by atoms with Crippen LogP contribution in [0, 0.1) is 5.82 Å². The van der Waals surface area contributed by atoms with E-state index in [1.54, 1.807) is 24.3 Å². The van der Waals surface area contributed by atoms with Crippen molar-refractivity contribution in [3.05, 3.63) is 59.9 Å². The molecule has 0 aliphatic carbocycles. The molecule has 0 bridgehead atoms. The van der Waals surface area contributed by atoms with Crippen molar-refractivity contribution in [3.8, 4) is 11.3 Å². The fourth-order valence-corrected chi connectivity index (χ4v) is 2.24. The Kier molecular flexibility index (Phi) is 3.20. The predicted molar refractivity (Wildman–Crippen MR) is 78.1 cm³/mol. The summed E-state index contributed by atoms with van der Waals surface area (Å²) < 4.78 is 21.0. The molecule has 5 heteroatoms. The number of halogens is 1. The molecule has 0 radical (unpaired) electrons. The van der Waals surface area contributed by atoms with Gasteiger partial charge in [0.1, 0.15) is 17.2 Å².